The van der Waals surface area contributed by atoms with E-state index in [1.807, 2.05) is 41.1 Å². The van der Waals surface area contributed by atoms with E-state index in [4.69, 9.17) is 10.2 Å². The molecule has 0 saturated carbocycles. The number of nitrogens with zero attached hydrogens (tertiary/aromatic N) is 4. The first-order valence-electron chi connectivity index (χ1n) is 7.91. The van der Waals surface area contributed by atoms with Gasteiger partial charge in [0.05, 0.1) is 17.3 Å². The van der Waals surface area contributed by atoms with Gasteiger partial charge in [0.15, 0.2) is 11.5 Å². The lowest BCUT2D eigenvalue weighted by Crippen LogP contribution is -2.01. The largest absolute Gasteiger partial charge is 0.337 e. The molecule has 5 heteroatoms. The summed E-state index contributed by atoms with van der Waals surface area (Å²) in [6, 6.07) is 17.6. The minimum absolute atomic E-state index is 0.623. The van der Waals surface area contributed by atoms with Crippen molar-refractivity contribution in [1.29, 1.82) is 5.26 Å². The Kier molecular flexibility index (Phi) is 3.64. The highest BCUT2D eigenvalue weighted by Gasteiger charge is 2.11. The highest BCUT2D eigenvalue weighted by molar-refractivity contribution is 5.74. The molecule has 0 radical (unpaired) electrons. The van der Waals surface area contributed by atoms with E-state index in [2.05, 4.69) is 35.4 Å². The van der Waals surface area contributed by atoms with Crippen LogP contribution in [0.3, 0.4) is 0 Å². The van der Waals surface area contributed by atoms with Gasteiger partial charge in [0.2, 0.25) is 0 Å². The van der Waals surface area contributed by atoms with Crippen LogP contribution >= 0.6 is 0 Å². The molecule has 25 heavy (non-hydrogen) atoms. The Balaban J connectivity index is 1.81. The van der Waals surface area contributed by atoms with E-state index in [1.54, 1.807) is 18.3 Å². The lowest BCUT2D eigenvalue weighted by Gasteiger charge is -2.11. The number of nitrogens with one attached hydrogen (secondary N) is 1. The molecule has 5 nitrogen and oxygen atoms in total. The van der Waals surface area contributed by atoms with Gasteiger partial charge in [-0.3, -0.25) is 0 Å². The fraction of sp³-hybridized carbons (Fsp3) is 0.0500. The van der Waals surface area contributed by atoms with Crippen molar-refractivity contribution in [3.63, 3.8) is 0 Å². The molecule has 2 heterocycles. The average Bonchev–Trinajstić information content (AvgIpc) is 3.11. The summed E-state index contributed by atoms with van der Waals surface area (Å²) in [7, 11) is 0. The van der Waals surface area contributed by atoms with E-state index < -0.39 is 0 Å². The van der Waals surface area contributed by atoms with E-state index in [0.29, 0.717) is 11.4 Å². The fourth-order valence-electron chi connectivity index (χ4n) is 2.77. The van der Waals surface area contributed by atoms with Gasteiger partial charge in [-0.15, -0.1) is 0 Å². The van der Waals surface area contributed by atoms with Gasteiger partial charge in [-0.05, 0) is 36.8 Å². The summed E-state index contributed by atoms with van der Waals surface area (Å²) >= 11 is 0. The number of nitriles is 1. The first kappa shape index (κ1) is 14.9. The molecule has 2 aromatic carbocycles. The van der Waals surface area contributed by atoms with Crippen LogP contribution in [0.5, 0.6) is 0 Å². The molecule has 0 fully saturated rings. The van der Waals surface area contributed by atoms with Crippen LogP contribution in [0.4, 0.5) is 11.5 Å². The lowest BCUT2D eigenvalue weighted by atomic mass is 10.1. The van der Waals surface area contributed by atoms with Gasteiger partial charge >= 0.3 is 0 Å². The number of hydrogen-bond acceptors (Lipinski definition) is 4. The van der Waals surface area contributed by atoms with Crippen molar-refractivity contribution >= 4 is 17.2 Å². The predicted molar refractivity (Wildman–Crippen MR) is 97.6 cm³/mol. The van der Waals surface area contributed by atoms with Crippen molar-refractivity contribution in [2.75, 3.05) is 5.32 Å². The maximum Gasteiger partial charge on any atom is 0.180 e. The summed E-state index contributed by atoms with van der Waals surface area (Å²) in [5.41, 5.74) is 5.36. The van der Waals surface area contributed by atoms with Crippen molar-refractivity contribution < 1.29 is 0 Å². The Morgan fingerprint density at radius 2 is 1.88 bits per heavy atom. The maximum atomic E-state index is 8.92. The molecule has 0 aliphatic rings. The van der Waals surface area contributed by atoms with Crippen LogP contribution in [0.15, 0.2) is 67.1 Å². The normalized spacial score (nSPS) is 10.6. The van der Waals surface area contributed by atoms with Crippen molar-refractivity contribution in [2.45, 2.75) is 6.92 Å². The van der Waals surface area contributed by atoms with Gasteiger partial charge in [0.25, 0.3) is 0 Å². The number of hydrogen-bond donors (Lipinski definition) is 1. The molecule has 0 saturated heterocycles. The Morgan fingerprint density at radius 1 is 1.08 bits per heavy atom. The van der Waals surface area contributed by atoms with E-state index in [1.165, 1.54) is 5.56 Å². The van der Waals surface area contributed by atoms with Gasteiger partial charge in [0.1, 0.15) is 0 Å². The minimum atomic E-state index is 0.623. The number of anilines is 2. The second-order valence-corrected chi connectivity index (χ2v) is 5.76. The minimum Gasteiger partial charge on any atom is -0.337 e. The van der Waals surface area contributed by atoms with Crippen LogP contribution in [-0.2, 0) is 0 Å². The Morgan fingerprint density at radius 3 is 2.64 bits per heavy atom. The highest BCUT2D eigenvalue weighted by atomic mass is 15.1. The molecular weight excluding hydrogens is 310 g/mol. The fourth-order valence-corrected chi connectivity index (χ4v) is 2.77. The molecule has 4 aromatic rings. The summed E-state index contributed by atoms with van der Waals surface area (Å²) < 4.78 is 1.96. The Hall–Kier alpha value is -3.65. The van der Waals surface area contributed by atoms with Crippen LogP contribution in [-0.4, -0.2) is 14.4 Å². The highest BCUT2D eigenvalue weighted by Crippen LogP contribution is 2.26. The molecular formula is C20H15N5. The molecule has 0 aliphatic heterocycles. The van der Waals surface area contributed by atoms with Crippen molar-refractivity contribution in [3.8, 4) is 17.3 Å². The van der Waals surface area contributed by atoms with Crippen molar-refractivity contribution in [3.05, 3.63) is 78.2 Å². The molecule has 0 atom stereocenters. The quantitative estimate of drug-likeness (QED) is 0.609. The summed E-state index contributed by atoms with van der Waals surface area (Å²) in [6.45, 7) is 2.07. The van der Waals surface area contributed by atoms with Crippen LogP contribution in [0.25, 0.3) is 16.9 Å². The Bertz CT molecular complexity index is 1090. The number of benzene rings is 2. The number of fused-ring (bicyclic) bond motifs is 1. The summed E-state index contributed by atoms with van der Waals surface area (Å²) in [4.78, 5) is 9.17. The molecule has 0 bridgehead atoms. The maximum absolute atomic E-state index is 8.92. The third kappa shape index (κ3) is 2.81. The first-order valence-corrected chi connectivity index (χ1v) is 7.91. The van der Waals surface area contributed by atoms with Crippen LogP contribution in [0, 0.1) is 18.3 Å². The number of aryl methyl sites for hydroxylation is 1. The van der Waals surface area contributed by atoms with E-state index in [-0.39, 0.29) is 0 Å². The molecule has 120 valence electrons. The predicted octanol–water partition coefficient (Wildman–Crippen LogP) is 4.32. The van der Waals surface area contributed by atoms with Crippen molar-refractivity contribution in [1.82, 2.24) is 14.4 Å². The van der Waals surface area contributed by atoms with Crippen LogP contribution < -0.4 is 5.32 Å². The molecule has 2 aromatic heterocycles. The second kappa shape index (κ2) is 6.10. The first-order chi connectivity index (χ1) is 12.2. The molecule has 1 N–H and O–H groups in total. The molecule has 4 rings (SSSR count). The zero-order valence-electron chi connectivity index (χ0n) is 13.6. The molecule has 0 unspecified atom stereocenters. The lowest BCUT2D eigenvalue weighted by molar-refractivity contribution is 1.13. The molecule has 0 amide bonds. The third-order valence-electron chi connectivity index (χ3n) is 4.07. The van der Waals surface area contributed by atoms with E-state index in [0.717, 1.165) is 22.6 Å². The summed E-state index contributed by atoms with van der Waals surface area (Å²) in [6.07, 6.45) is 5.64. The number of imidazole rings is 1. The topological polar surface area (TPSA) is 66.0 Å². The average molecular weight is 325 g/mol. The van der Waals surface area contributed by atoms with E-state index in [9.17, 15) is 0 Å². The number of aromatic nitrogens is 3. The summed E-state index contributed by atoms with van der Waals surface area (Å²) in [5, 5.41) is 12.2. The zero-order chi connectivity index (χ0) is 17.2. The van der Waals surface area contributed by atoms with Gasteiger partial charge in [-0.25, -0.2) is 9.97 Å². The van der Waals surface area contributed by atoms with Crippen LogP contribution in [0.2, 0.25) is 0 Å². The zero-order valence-corrected chi connectivity index (χ0v) is 13.6. The molecule has 0 aliphatic carbocycles. The van der Waals surface area contributed by atoms with Crippen molar-refractivity contribution in [2.24, 2.45) is 0 Å². The third-order valence-corrected chi connectivity index (χ3v) is 4.07. The van der Waals surface area contributed by atoms with Crippen LogP contribution in [0.1, 0.15) is 11.1 Å². The molecule has 0 spiro atoms. The Labute approximate surface area is 145 Å². The van der Waals surface area contributed by atoms with Gasteiger partial charge in [-0.1, -0.05) is 24.3 Å². The summed E-state index contributed by atoms with van der Waals surface area (Å²) in [5.74, 6) is 0.676. The van der Waals surface area contributed by atoms with Gasteiger partial charge < -0.3 is 9.72 Å². The smallest absolute Gasteiger partial charge is 0.180 e. The standard InChI is InChI=1S/C20H15N5/c1-14-4-2-3-5-17(14)18-13-25-11-10-22-20(25)19(24-18)23-16-8-6-15(12-21)7-9-16/h2-11,13H,1H3,(H,23,24). The second-order valence-electron chi connectivity index (χ2n) is 5.76. The van der Waals surface area contributed by atoms with Gasteiger partial charge in [-0.2, -0.15) is 5.26 Å². The SMILES string of the molecule is Cc1ccccc1-c1cn2ccnc2c(Nc2ccc(C#N)cc2)n1. The monoisotopic (exact) mass is 325 g/mol. The van der Waals surface area contributed by atoms with Gasteiger partial charge in [0, 0.05) is 29.8 Å². The number of rotatable bonds is 3. The van der Waals surface area contributed by atoms with E-state index >= 15 is 0 Å².